The molecule has 2 saturated heterocycles. The van der Waals surface area contributed by atoms with E-state index >= 15 is 0 Å². The van der Waals surface area contributed by atoms with Crippen molar-refractivity contribution in [1.29, 1.82) is 0 Å². The van der Waals surface area contributed by atoms with Crippen LogP contribution < -0.4 is 21.4 Å². The molecule has 0 radical (unpaired) electrons. The fourth-order valence-corrected chi connectivity index (χ4v) is 5.86. The van der Waals surface area contributed by atoms with Crippen LogP contribution in [0.3, 0.4) is 0 Å². The molecule has 0 unspecified atom stereocenters. The van der Waals surface area contributed by atoms with Gasteiger partial charge in [0, 0.05) is 47.4 Å². The van der Waals surface area contributed by atoms with Crippen LogP contribution in [0.2, 0.25) is 0 Å². The summed E-state index contributed by atoms with van der Waals surface area (Å²) in [7, 11) is 0. The second-order valence-corrected chi connectivity index (χ2v) is 9.61. The minimum absolute atomic E-state index is 0.00986. The molecule has 170 valence electrons. The van der Waals surface area contributed by atoms with Crippen LogP contribution in [0.1, 0.15) is 49.0 Å². The van der Waals surface area contributed by atoms with E-state index in [1.165, 1.54) is 6.07 Å². The molecular formula is C23H28N4O4S. The molecule has 4 N–H and O–H groups in total. The summed E-state index contributed by atoms with van der Waals surface area (Å²) in [5.74, 6) is 0.799. The van der Waals surface area contributed by atoms with Gasteiger partial charge in [-0.2, -0.15) is 11.8 Å². The van der Waals surface area contributed by atoms with E-state index in [9.17, 15) is 19.2 Å². The zero-order valence-corrected chi connectivity index (χ0v) is 18.6. The van der Waals surface area contributed by atoms with Crippen LogP contribution in [0.5, 0.6) is 0 Å². The minimum atomic E-state index is -0.172. The zero-order valence-electron chi connectivity index (χ0n) is 17.8. The smallest absolute Gasteiger partial charge is 0.315 e. The van der Waals surface area contributed by atoms with Crippen molar-refractivity contribution < 1.29 is 14.4 Å². The van der Waals surface area contributed by atoms with Crippen molar-refractivity contribution in [2.75, 3.05) is 12.3 Å². The van der Waals surface area contributed by atoms with Gasteiger partial charge >= 0.3 is 6.03 Å². The van der Waals surface area contributed by atoms with Crippen LogP contribution in [-0.4, -0.2) is 52.3 Å². The molecule has 3 amide bonds. The molecule has 32 heavy (non-hydrogen) atoms. The van der Waals surface area contributed by atoms with Crippen LogP contribution in [0.4, 0.5) is 4.79 Å². The van der Waals surface area contributed by atoms with Crippen molar-refractivity contribution in [2.45, 2.75) is 55.9 Å². The summed E-state index contributed by atoms with van der Waals surface area (Å²) >= 11 is 1.88. The maximum absolute atomic E-state index is 12.4. The number of fused-ring (bicyclic) bond motifs is 2. The molecule has 0 bridgehead atoms. The van der Waals surface area contributed by atoms with Gasteiger partial charge in [-0.05, 0) is 31.4 Å². The predicted molar refractivity (Wildman–Crippen MR) is 125 cm³/mol. The van der Waals surface area contributed by atoms with Gasteiger partial charge in [-0.25, -0.2) is 4.79 Å². The summed E-state index contributed by atoms with van der Waals surface area (Å²) in [5.41, 5.74) is 0.782. The summed E-state index contributed by atoms with van der Waals surface area (Å²) in [6.45, 7) is 0.433. The largest absolute Gasteiger partial charge is 0.356 e. The number of Topliss-reactive ketones (excluding diaryl/α,β-unsaturated/α-hetero) is 1. The van der Waals surface area contributed by atoms with Gasteiger partial charge < -0.3 is 20.9 Å². The Bertz CT molecular complexity index is 1070. The van der Waals surface area contributed by atoms with E-state index in [2.05, 4.69) is 20.9 Å². The third kappa shape index (κ3) is 5.32. The summed E-state index contributed by atoms with van der Waals surface area (Å²) in [6.07, 6.45) is 3.97. The number of thioether (sulfide) groups is 1. The minimum Gasteiger partial charge on any atom is -0.356 e. The number of ketones is 1. The molecule has 3 atom stereocenters. The van der Waals surface area contributed by atoms with Crippen molar-refractivity contribution in [3.05, 3.63) is 46.2 Å². The number of hydrogen-bond acceptors (Lipinski definition) is 5. The van der Waals surface area contributed by atoms with E-state index in [0.717, 1.165) is 25.0 Å². The second-order valence-electron chi connectivity index (χ2n) is 8.34. The maximum atomic E-state index is 12.4. The van der Waals surface area contributed by atoms with Crippen LogP contribution in [0.25, 0.3) is 10.9 Å². The number of aromatic nitrogens is 1. The van der Waals surface area contributed by atoms with Crippen LogP contribution in [0, 0.1) is 0 Å². The second kappa shape index (κ2) is 10.2. The monoisotopic (exact) mass is 456 g/mol. The third-order valence-electron chi connectivity index (χ3n) is 6.02. The number of aromatic amines is 1. The number of urea groups is 1. The lowest BCUT2D eigenvalue weighted by molar-refractivity contribution is -0.121. The molecule has 3 heterocycles. The van der Waals surface area contributed by atoms with E-state index in [0.29, 0.717) is 41.2 Å². The molecule has 1 aromatic heterocycles. The van der Waals surface area contributed by atoms with E-state index in [-0.39, 0.29) is 41.7 Å². The van der Waals surface area contributed by atoms with Gasteiger partial charge in [0.15, 0.2) is 11.2 Å². The summed E-state index contributed by atoms with van der Waals surface area (Å²) < 4.78 is 0. The highest BCUT2D eigenvalue weighted by Crippen LogP contribution is 2.33. The molecule has 9 heteroatoms. The lowest BCUT2D eigenvalue weighted by atomic mass is 10.0. The SMILES string of the molecule is O=C(CCCC[C@@H]1SC[C@@H]2NC(=O)N[C@@H]21)NCCCC(=O)c1cc(=O)c2ccccc2[nH]1. The first-order chi connectivity index (χ1) is 15.5. The molecule has 2 aliphatic heterocycles. The number of benzene rings is 1. The number of hydrogen-bond donors (Lipinski definition) is 4. The lowest BCUT2D eigenvalue weighted by Crippen LogP contribution is -2.36. The number of pyridine rings is 1. The van der Waals surface area contributed by atoms with Gasteiger partial charge in [-0.3, -0.25) is 14.4 Å². The van der Waals surface area contributed by atoms with Gasteiger partial charge in [0.05, 0.1) is 17.8 Å². The number of unbranched alkanes of at least 4 members (excludes halogenated alkanes) is 1. The molecular weight excluding hydrogens is 428 g/mol. The van der Waals surface area contributed by atoms with E-state index in [1.807, 2.05) is 17.8 Å². The fourth-order valence-electron chi connectivity index (χ4n) is 4.32. The molecule has 0 aliphatic carbocycles. The van der Waals surface area contributed by atoms with Gasteiger partial charge in [-0.1, -0.05) is 18.6 Å². The first kappa shape index (κ1) is 22.4. The Kier molecular flexibility index (Phi) is 7.14. The number of rotatable bonds is 10. The number of carbonyl (C=O) groups is 3. The Hall–Kier alpha value is -2.81. The number of nitrogens with one attached hydrogen (secondary N) is 4. The molecule has 2 aliphatic rings. The van der Waals surface area contributed by atoms with Crippen molar-refractivity contribution in [3.63, 3.8) is 0 Å². The molecule has 2 fully saturated rings. The standard InChI is InChI=1S/C23H28N4O4S/c28-18(16-12-19(29)14-6-1-2-7-15(14)25-16)8-5-11-24-21(30)10-4-3-9-20-22-17(13-32-20)26-23(31)27-22/h1-2,6-7,12,17,20,22H,3-5,8-11,13H2,(H,24,30)(H,25,29)(H2,26,27,31)/t17-,20-,22-/m0/s1. The number of para-hydroxylation sites is 1. The Morgan fingerprint density at radius 2 is 1.91 bits per heavy atom. The van der Waals surface area contributed by atoms with Crippen molar-refractivity contribution >= 4 is 40.4 Å². The van der Waals surface area contributed by atoms with Crippen molar-refractivity contribution in [3.8, 4) is 0 Å². The highest BCUT2D eigenvalue weighted by molar-refractivity contribution is 8.00. The molecule has 4 rings (SSSR count). The van der Waals surface area contributed by atoms with E-state index in [1.54, 1.807) is 18.2 Å². The summed E-state index contributed by atoms with van der Waals surface area (Å²) in [6, 6.07) is 8.82. The Morgan fingerprint density at radius 1 is 1.06 bits per heavy atom. The van der Waals surface area contributed by atoms with Gasteiger partial charge in [0.1, 0.15) is 0 Å². The molecule has 1 aromatic carbocycles. The lowest BCUT2D eigenvalue weighted by Gasteiger charge is -2.16. The van der Waals surface area contributed by atoms with Gasteiger partial charge in [-0.15, -0.1) is 0 Å². The average molecular weight is 457 g/mol. The number of carbonyl (C=O) groups excluding carboxylic acids is 3. The predicted octanol–water partition coefficient (Wildman–Crippen LogP) is 2.33. The quantitative estimate of drug-likeness (QED) is 0.248. The highest BCUT2D eigenvalue weighted by atomic mass is 32.2. The first-order valence-electron chi connectivity index (χ1n) is 11.1. The Labute approximate surface area is 190 Å². The maximum Gasteiger partial charge on any atom is 0.315 e. The Balaban J connectivity index is 1.11. The van der Waals surface area contributed by atoms with E-state index < -0.39 is 0 Å². The summed E-state index contributed by atoms with van der Waals surface area (Å²) in [4.78, 5) is 51.0. The molecule has 8 nitrogen and oxygen atoms in total. The number of H-pyrrole nitrogens is 1. The van der Waals surface area contributed by atoms with Crippen LogP contribution in [0.15, 0.2) is 35.1 Å². The topological polar surface area (TPSA) is 120 Å². The van der Waals surface area contributed by atoms with Crippen molar-refractivity contribution in [1.82, 2.24) is 20.9 Å². The van der Waals surface area contributed by atoms with Crippen molar-refractivity contribution in [2.24, 2.45) is 0 Å². The van der Waals surface area contributed by atoms with E-state index in [4.69, 9.17) is 0 Å². The first-order valence-corrected chi connectivity index (χ1v) is 12.2. The average Bonchev–Trinajstić information content (AvgIpc) is 3.33. The third-order valence-corrected chi connectivity index (χ3v) is 7.53. The highest BCUT2D eigenvalue weighted by Gasteiger charge is 2.42. The molecule has 2 aromatic rings. The van der Waals surface area contributed by atoms with Gasteiger partial charge in [0.25, 0.3) is 0 Å². The van der Waals surface area contributed by atoms with Gasteiger partial charge in [0.2, 0.25) is 5.91 Å². The Morgan fingerprint density at radius 3 is 2.78 bits per heavy atom. The van der Waals surface area contributed by atoms with Crippen LogP contribution >= 0.6 is 11.8 Å². The number of amides is 3. The molecule has 0 spiro atoms. The molecule has 0 saturated carbocycles. The van der Waals surface area contributed by atoms with Crippen LogP contribution in [-0.2, 0) is 4.79 Å². The fraction of sp³-hybridized carbons (Fsp3) is 0.478. The summed E-state index contributed by atoms with van der Waals surface area (Å²) in [5, 5.41) is 9.76. The zero-order chi connectivity index (χ0) is 22.5. The normalized spacial score (nSPS) is 21.8.